The van der Waals surface area contributed by atoms with Crippen LogP contribution in [0, 0.1) is 10.1 Å². The van der Waals surface area contributed by atoms with Crippen LogP contribution in [0.5, 0.6) is 0 Å². The van der Waals surface area contributed by atoms with E-state index in [2.05, 4.69) is 22.3 Å². The second-order valence-corrected chi connectivity index (χ2v) is 6.32. The van der Waals surface area contributed by atoms with Crippen molar-refractivity contribution < 1.29 is 14.6 Å². The van der Waals surface area contributed by atoms with E-state index >= 15 is 0 Å². The molecule has 10 nitrogen and oxygen atoms in total. The van der Waals surface area contributed by atoms with Gasteiger partial charge >= 0.3 is 5.69 Å². The zero-order chi connectivity index (χ0) is 17.1. The highest BCUT2D eigenvalue weighted by Gasteiger charge is 2.27. The summed E-state index contributed by atoms with van der Waals surface area (Å²) in [6, 6.07) is 0. The molecule has 0 saturated carbocycles. The number of hydrogen-bond donors (Lipinski definition) is 3. The molecular formula is C14H24N7O3+. The molecule has 0 spiro atoms. The number of nitro groups is 1. The van der Waals surface area contributed by atoms with E-state index in [1.165, 1.54) is 4.90 Å². The molecular weight excluding hydrogens is 314 g/mol. The molecule has 2 saturated heterocycles. The summed E-state index contributed by atoms with van der Waals surface area (Å²) >= 11 is 0. The minimum absolute atomic E-state index is 0.0523. The fraction of sp³-hybridized carbons (Fsp3) is 0.714. The van der Waals surface area contributed by atoms with E-state index in [0.717, 1.165) is 45.6 Å². The number of rotatable bonds is 5. The Morgan fingerprint density at radius 1 is 1.46 bits per heavy atom. The zero-order valence-electron chi connectivity index (χ0n) is 13.8. The van der Waals surface area contributed by atoms with Gasteiger partial charge in [-0.25, -0.2) is 0 Å². The van der Waals surface area contributed by atoms with Crippen LogP contribution in [0.15, 0.2) is 0 Å². The molecule has 2 fully saturated rings. The van der Waals surface area contributed by atoms with Crippen LogP contribution in [0.1, 0.15) is 12.8 Å². The molecule has 1 atom stereocenters. The molecule has 3 rings (SSSR count). The summed E-state index contributed by atoms with van der Waals surface area (Å²) in [5.74, 6) is 0.510. The Bertz CT molecular complexity index is 598. The summed E-state index contributed by atoms with van der Waals surface area (Å²) < 4.78 is 5.54. The van der Waals surface area contributed by atoms with Gasteiger partial charge in [-0.1, -0.05) is 0 Å². The number of aromatic nitrogens is 2. The van der Waals surface area contributed by atoms with Gasteiger partial charge in [0.05, 0.1) is 44.3 Å². The molecule has 3 heterocycles. The highest BCUT2D eigenvalue weighted by atomic mass is 16.6. The Kier molecular flexibility index (Phi) is 4.95. The van der Waals surface area contributed by atoms with Gasteiger partial charge in [0.15, 0.2) is 0 Å². The van der Waals surface area contributed by atoms with Gasteiger partial charge in [-0.05, 0) is 12.8 Å². The number of nitrogens with one attached hydrogen (secondary N) is 2. The third kappa shape index (κ3) is 3.65. The van der Waals surface area contributed by atoms with E-state index in [9.17, 15) is 10.1 Å². The second kappa shape index (κ2) is 7.14. The molecule has 0 amide bonds. The first-order valence-electron chi connectivity index (χ1n) is 8.28. The van der Waals surface area contributed by atoms with Crippen molar-refractivity contribution in [1.29, 1.82) is 0 Å². The van der Waals surface area contributed by atoms with Crippen molar-refractivity contribution in [1.82, 2.24) is 9.97 Å². The van der Waals surface area contributed by atoms with Crippen LogP contribution >= 0.6 is 0 Å². The summed E-state index contributed by atoms with van der Waals surface area (Å²) in [6.45, 7) is 4.75. The van der Waals surface area contributed by atoms with Crippen LogP contribution in [0.2, 0.25) is 0 Å². The molecule has 1 aromatic heterocycles. The molecule has 2 aliphatic rings. The van der Waals surface area contributed by atoms with Gasteiger partial charge in [-0.3, -0.25) is 10.1 Å². The topological polar surface area (TPSA) is 124 Å². The van der Waals surface area contributed by atoms with Crippen LogP contribution < -0.4 is 20.9 Å². The molecule has 0 radical (unpaired) electrons. The molecule has 1 aromatic rings. The molecule has 2 aliphatic heterocycles. The van der Waals surface area contributed by atoms with Crippen molar-refractivity contribution in [2.45, 2.75) is 18.9 Å². The highest BCUT2D eigenvalue weighted by Crippen LogP contribution is 2.30. The Morgan fingerprint density at radius 3 is 2.83 bits per heavy atom. The van der Waals surface area contributed by atoms with Crippen molar-refractivity contribution in [2.75, 3.05) is 62.3 Å². The number of nitrogens with zero attached hydrogens (tertiary/aromatic N) is 4. The molecule has 4 N–H and O–H groups in total. The third-order valence-electron chi connectivity index (χ3n) is 4.50. The van der Waals surface area contributed by atoms with E-state index in [0.29, 0.717) is 12.5 Å². The minimum Gasteiger partial charge on any atom is -0.378 e. The first-order valence-corrected chi connectivity index (χ1v) is 8.28. The summed E-state index contributed by atoms with van der Waals surface area (Å²) in [7, 11) is 2.14. The average Bonchev–Trinajstić information content (AvgIpc) is 3.06. The van der Waals surface area contributed by atoms with Gasteiger partial charge < -0.3 is 25.6 Å². The van der Waals surface area contributed by atoms with Crippen LogP contribution in [-0.2, 0) is 4.74 Å². The number of ether oxygens (including phenoxy) is 1. The van der Waals surface area contributed by atoms with E-state index in [-0.39, 0.29) is 23.4 Å². The van der Waals surface area contributed by atoms with E-state index in [1.807, 2.05) is 4.90 Å². The SMILES string of the molecule is C[NH+]1CCN(c2nc(N)c([N+](=O)[O-])c(NC[C@@H]3CCCO3)n2)CC1. The van der Waals surface area contributed by atoms with Crippen LogP contribution in [-0.4, -0.2) is 67.4 Å². The van der Waals surface area contributed by atoms with Gasteiger partial charge in [0.1, 0.15) is 0 Å². The van der Waals surface area contributed by atoms with Gasteiger partial charge in [-0.2, -0.15) is 9.97 Å². The lowest BCUT2D eigenvalue weighted by Gasteiger charge is -2.30. The van der Waals surface area contributed by atoms with Crippen molar-refractivity contribution >= 4 is 23.3 Å². The standard InChI is InChI=1S/C14H23N7O3/c1-19-4-6-20(7-5-19)14-17-12(15)11(21(22)23)13(18-14)16-9-10-3-2-8-24-10/h10H,2-9H2,1H3,(H3,15,16,17,18)/p+1/t10-/m0/s1. The van der Waals surface area contributed by atoms with Crippen LogP contribution in [0.4, 0.5) is 23.3 Å². The maximum Gasteiger partial charge on any atom is 0.353 e. The molecule has 0 aromatic carbocycles. The summed E-state index contributed by atoms with van der Waals surface area (Å²) in [6.07, 6.45) is 2.00. The number of quaternary nitrogens is 1. The number of anilines is 3. The molecule has 0 aliphatic carbocycles. The minimum atomic E-state index is -0.537. The van der Waals surface area contributed by atoms with Gasteiger partial charge in [0, 0.05) is 13.2 Å². The molecule has 24 heavy (non-hydrogen) atoms. The maximum absolute atomic E-state index is 11.3. The fourth-order valence-electron chi connectivity index (χ4n) is 3.01. The van der Waals surface area contributed by atoms with Crippen molar-refractivity contribution in [3.05, 3.63) is 10.1 Å². The lowest BCUT2D eigenvalue weighted by Crippen LogP contribution is -3.12. The Labute approximate surface area is 140 Å². The number of hydrogen-bond acceptors (Lipinski definition) is 8. The monoisotopic (exact) mass is 338 g/mol. The Hall–Kier alpha value is -2.20. The second-order valence-electron chi connectivity index (χ2n) is 6.32. The molecule has 10 heteroatoms. The summed E-state index contributed by atoms with van der Waals surface area (Å²) in [5, 5.41) is 14.4. The normalized spacial score (nSPS) is 21.9. The quantitative estimate of drug-likeness (QED) is 0.456. The number of nitrogens with two attached hydrogens (primary N) is 1. The van der Waals surface area contributed by atoms with E-state index in [4.69, 9.17) is 10.5 Å². The number of piperazine rings is 1. The van der Waals surface area contributed by atoms with Gasteiger partial charge in [0.25, 0.3) is 0 Å². The van der Waals surface area contributed by atoms with Crippen LogP contribution in [0.25, 0.3) is 0 Å². The summed E-state index contributed by atoms with van der Waals surface area (Å²) in [5.41, 5.74) is 5.58. The lowest BCUT2D eigenvalue weighted by molar-refractivity contribution is -0.880. The number of nitrogen functional groups attached to an aromatic ring is 1. The first-order chi connectivity index (χ1) is 11.5. The number of likely N-dealkylation sites (N-methyl/N-ethyl adjacent to an activating group) is 1. The van der Waals surface area contributed by atoms with Crippen molar-refractivity contribution in [3.63, 3.8) is 0 Å². The fourth-order valence-corrected chi connectivity index (χ4v) is 3.01. The van der Waals surface area contributed by atoms with Gasteiger partial charge in [-0.15, -0.1) is 0 Å². The molecule has 0 unspecified atom stereocenters. The Morgan fingerprint density at radius 2 is 2.21 bits per heavy atom. The molecule has 132 valence electrons. The van der Waals surface area contributed by atoms with E-state index in [1.54, 1.807) is 0 Å². The Balaban J connectivity index is 1.81. The third-order valence-corrected chi connectivity index (χ3v) is 4.50. The predicted octanol–water partition coefficient (Wildman–Crippen LogP) is -1.11. The lowest BCUT2D eigenvalue weighted by atomic mass is 10.2. The maximum atomic E-state index is 11.3. The first kappa shape index (κ1) is 16.7. The van der Waals surface area contributed by atoms with Crippen LogP contribution in [0.3, 0.4) is 0 Å². The smallest absolute Gasteiger partial charge is 0.353 e. The van der Waals surface area contributed by atoms with Gasteiger partial charge in [0.2, 0.25) is 17.6 Å². The van der Waals surface area contributed by atoms with Crippen molar-refractivity contribution in [3.8, 4) is 0 Å². The van der Waals surface area contributed by atoms with Crippen molar-refractivity contribution in [2.24, 2.45) is 0 Å². The zero-order valence-corrected chi connectivity index (χ0v) is 13.8. The van der Waals surface area contributed by atoms with E-state index < -0.39 is 4.92 Å². The summed E-state index contributed by atoms with van der Waals surface area (Å²) in [4.78, 5) is 22.8. The average molecular weight is 338 g/mol. The molecule has 0 bridgehead atoms. The largest absolute Gasteiger partial charge is 0.378 e. The highest BCUT2D eigenvalue weighted by molar-refractivity contribution is 5.70. The predicted molar refractivity (Wildman–Crippen MR) is 89.4 cm³/mol.